The van der Waals surface area contributed by atoms with Crippen molar-refractivity contribution in [3.63, 3.8) is 0 Å². The van der Waals surface area contributed by atoms with E-state index in [1.807, 2.05) is 32.0 Å². The maximum absolute atomic E-state index is 13.9. The van der Waals surface area contributed by atoms with Gasteiger partial charge in [-0.3, -0.25) is 18.7 Å². The molecule has 0 spiro atoms. The highest BCUT2D eigenvalue weighted by molar-refractivity contribution is 5.94. The van der Waals surface area contributed by atoms with Gasteiger partial charge in [0.2, 0.25) is 0 Å². The zero-order valence-corrected chi connectivity index (χ0v) is 23.2. The van der Waals surface area contributed by atoms with Crippen LogP contribution in [0.2, 0.25) is 0 Å². The van der Waals surface area contributed by atoms with Crippen molar-refractivity contribution >= 4 is 16.8 Å². The summed E-state index contributed by atoms with van der Waals surface area (Å²) in [7, 11) is 3.03. The van der Waals surface area contributed by atoms with Crippen LogP contribution in [0.5, 0.6) is 11.5 Å². The third-order valence-corrected chi connectivity index (χ3v) is 7.40. The Bertz CT molecular complexity index is 1680. The summed E-state index contributed by atoms with van der Waals surface area (Å²) in [6, 6.07) is 16.5. The van der Waals surface area contributed by atoms with Gasteiger partial charge in [-0.25, -0.2) is 4.79 Å². The van der Waals surface area contributed by atoms with Gasteiger partial charge in [-0.05, 0) is 48.7 Å². The van der Waals surface area contributed by atoms with E-state index >= 15 is 0 Å². The second-order valence-corrected chi connectivity index (χ2v) is 10.0. The van der Waals surface area contributed by atoms with Crippen LogP contribution in [-0.4, -0.2) is 60.5 Å². The first-order valence-corrected chi connectivity index (χ1v) is 13.2. The first-order valence-electron chi connectivity index (χ1n) is 13.2. The minimum absolute atomic E-state index is 0.0563. The standard InChI is InChI=1S/C31H33N3O6/c1-20-5-6-21(2)24(15-20)19-33-26-17-28(39-4)27(38-3)16-25(26)30(36)34(31(33)37)18-22-7-9-23(10-8-22)29(35)32-11-13-40-14-12-32/h5-10,15-17H,11-14,18-19H2,1-4H3. The molecule has 0 atom stereocenters. The molecule has 0 unspecified atom stereocenters. The lowest BCUT2D eigenvalue weighted by Gasteiger charge is -2.26. The zero-order valence-electron chi connectivity index (χ0n) is 23.2. The second-order valence-electron chi connectivity index (χ2n) is 10.0. The van der Waals surface area contributed by atoms with Crippen LogP contribution in [-0.2, 0) is 17.8 Å². The molecule has 0 saturated carbocycles. The lowest BCUT2D eigenvalue weighted by molar-refractivity contribution is 0.0303. The number of hydrogen-bond acceptors (Lipinski definition) is 6. The highest BCUT2D eigenvalue weighted by atomic mass is 16.5. The number of carbonyl (C=O) groups excluding carboxylic acids is 1. The van der Waals surface area contributed by atoms with Crippen molar-refractivity contribution in [1.82, 2.24) is 14.0 Å². The van der Waals surface area contributed by atoms with Crippen molar-refractivity contribution in [2.45, 2.75) is 26.9 Å². The maximum atomic E-state index is 13.9. The fourth-order valence-corrected chi connectivity index (χ4v) is 5.06. The van der Waals surface area contributed by atoms with Crippen LogP contribution >= 0.6 is 0 Å². The Morgan fingerprint density at radius 2 is 1.52 bits per heavy atom. The van der Waals surface area contributed by atoms with Crippen LogP contribution in [0.3, 0.4) is 0 Å². The van der Waals surface area contributed by atoms with Gasteiger partial charge in [0.25, 0.3) is 11.5 Å². The molecule has 5 rings (SSSR count). The summed E-state index contributed by atoms with van der Waals surface area (Å²) in [5.74, 6) is 0.776. The average molecular weight is 544 g/mol. The Hall–Kier alpha value is -4.37. The number of fused-ring (bicyclic) bond motifs is 1. The lowest BCUT2D eigenvalue weighted by atomic mass is 10.1. The molecule has 1 aliphatic rings. The summed E-state index contributed by atoms with van der Waals surface area (Å²) in [4.78, 5) is 42.2. The molecule has 0 radical (unpaired) electrons. The fraction of sp³-hybridized carbons (Fsp3) is 0.323. The van der Waals surface area contributed by atoms with Gasteiger partial charge in [0.1, 0.15) is 0 Å². The zero-order chi connectivity index (χ0) is 28.4. The third kappa shape index (κ3) is 5.24. The van der Waals surface area contributed by atoms with Crippen LogP contribution in [0, 0.1) is 13.8 Å². The van der Waals surface area contributed by atoms with Crippen LogP contribution in [0.4, 0.5) is 0 Å². The van der Waals surface area contributed by atoms with E-state index in [0.717, 1.165) is 22.3 Å². The van der Waals surface area contributed by atoms with Crippen molar-refractivity contribution in [3.8, 4) is 11.5 Å². The minimum Gasteiger partial charge on any atom is -0.493 e. The second kappa shape index (κ2) is 11.4. The van der Waals surface area contributed by atoms with E-state index in [-0.39, 0.29) is 19.0 Å². The van der Waals surface area contributed by atoms with Gasteiger partial charge < -0.3 is 19.1 Å². The Balaban J connectivity index is 1.58. The highest BCUT2D eigenvalue weighted by Crippen LogP contribution is 2.31. The maximum Gasteiger partial charge on any atom is 0.332 e. The Morgan fingerprint density at radius 3 is 2.20 bits per heavy atom. The van der Waals surface area contributed by atoms with Crippen LogP contribution in [0.25, 0.3) is 10.9 Å². The molecule has 1 amide bonds. The number of ether oxygens (including phenoxy) is 3. The molecule has 3 aromatic carbocycles. The van der Waals surface area contributed by atoms with Gasteiger partial charge in [-0.15, -0.1) is 0 Å². The number of carbonyl (C=O) groups is 1. The molecule has 1 fully saturated rings. The molecule has 1 aromatic heterocycles. The molecule has 208 valence electrons. The monoisotopic (exact) mass is 543 g/mol. The minimum atomic E-state index is -0.431. The van der Waals surface area contributed by atoms with Crippen molar-refractivity contribution < 1.29 is 19.0 Å². The molecular weight excluding hydrogens is 510 g/mol. The molecule has 9 heteroatoms. The smallest absolute Gasteiger partial charge is 0.332 e. The number of rotatable bonds is 7. The average Bonchev–Trinajstić information content (AvgIpc) is 2.98. The van der Waals surface area contributed by atoms with Crippen LogP contribution in [0.15, 0.2) is 64.2 Å². The number of aryl methyl sites for hydroxylation is 2. The topological polar surface area (TPSA) is 92.0 Å². The number of nitrogens with zero attached hydrogens (tertiary/aromatic N) is 3. The fourth-order valence-electron chi connectivity index (χ4n) is 5.06. The van der Waals surface area contributed by atoms with Crippen molar-refractivity contribution in [2.75, 3.05) is 40.5 Å². The summed E-state index contributed by atoms with van der Waals surface area (Å²) < 4.78 is 19.1. The van der Waals surface area contributed by atoms with Gasteiger partial charge in [-0.2, -0.15) is 0 Å². The third-order valence-electron chi connectivity index (χ3n) is 7.40. The van der Waals surface area contributed by atoms with Gasteiger partial charge in [0, 0.05) is 24.7 Å². The largest absolute Gasteiger partial charge is 0.493 e. The summed E-state index contributed by atoms with van der Waals surface area (Å²) >= 11 is 0. The summed E-state index contributed by atoms with van der Waals surface area (Å²) in [5.41, 5.74) is 4.01. The van der Waals surface area contributed by atoms with Crippen molar-refractivity contribution in [1.29, 1.82) is 0 Å². The predicted molar refractivity (Wildman–Crippen MR) is 153 cm³/mol. The van der Waals surface area contributed by atoms with E-state index in [1.165, 1.54) is 18.8 Å². The highest BCUT2D eigenvalue weighted by Gasteiger charge is 2.20. The number of methoxy groups -OCH3 is 2. The quantitative estimate of drug-likeness (QED) is 0.355. The van der Waals surface area contributed by atoms with E-state index in [9.17, 15) is 14.4 Å². The molecule has 0 N–H and O–H groups in total. The van der Waals surface area contributed by atoms with E-state index in [2.05, 4.69) is 0 Å². The molecular formula is C31H33N3O6. The van der Waals surface area contributed by atoms with Crippen LogP contribution in [0.1, 0.15) is 32.6 Å². The van der Waals surface area contributed by atoms with Crippen LogP contribution < -0.4 is 20.7 Å². The summed E-state index contributed by atoms with van der Waals surface area (Å²) in [6.45, 7) is 6.52. The normalized spacial score (nSPS) is 13.4. The first kappa shape index (κ1) is 27.2. The van der Waals surface area contributed by atoms with Gasteiger partial charge in [0.15, 0.2) is 11.5 Å². The van der Waals surface area contributed by atoms with E-state index in [1.54, 1.807) is 45.9 Å². The summed E-state index contributed by atoms with van der Waals surface area (Å²) in [6.07, 6.45) is 0. The molecule has 2 heterocycles. The molecule has 0 aliphatic carbocycles. The first-order chi connectivity index (χ1) is 19.3. The molecule has 4 aromatic rings. The molecule has 1 saturated heterocycles. The van der Waals surface area contributed by atoms with E-state index < -0.39 is 11.2 Å². The van der Waals surface area contributed by atoms with Gasteiger partial charge >= 0.3 is 5.69 Å². The van der Waals surface area contributed by atoms with E-state index in [4.69, 9.17) is 14.2 Å². The number of benzene rings is 3. The SMILES string of the molecule is COc1cc2c(=O)n(Cc3ccc(C(=O)N4CCOCC4)cc3)c(=O)n(Cc3cc(C)ccc3C)c2cc1OC. The Morgan fingerprint density at radius 1 is 0.850 bits per heavy atom. The van der Waals surface area contributed by atoms with Crippen molar-refractivity contribution in [3.05, 3.63) is 103 Å². The molecule has 1 aliphatic heterocycles. The number of morpholine rings is 1. The van der Waals surface area contributed by atoms with Crippen molar-refractivity contribution in [2.24, 2.45) is 0 Å². The lowest BCUT2D eigenvalue weighted by Crippen LogP contribution is -2.41. The Kier molecular flexibility index (Phi) is 7.75. The van der Waals surface area contributed by atoms with E-state index in [0.29, 0.717) is 54.3 Å². The number of amides is 1. The van der Waals surface area contributed by atoms with Gasteiger partial charge in [-0.1, -0.05) is 35.9 Å². The predicted octanol–water partition coefficient (Wildman–Crippen LogP) is 3.37. The summed E-state index contributed by atoms with van der Waals surface area (Å²) in [5, 5.41) is 0.349. The molecule has 9 nitrogen and oxygen atoms in total. The molecule has 0 bridgehead atoms. The number of aromatic nitrogens is 2. The Labute approximate surface area is 232 Å². The molecule has 40 heavy (non-hydrogen) atoms. The van der Waals surface area contributed by atoms with Gasteiger partial charge in [0.05, 0.1) is 51.4 Å². The number of hydrogen-bond donors (Lipinski definition) is 0.